The van der Waals surface area contributed by atoms with Crippen LogP contribution in [0, 0.1) is 23.7 Å². The highest BCUT2D eigenvalue weighted by Crippen LogP contribution is 2.65. The van der Waals surface area contributed by atoms with Crippen LogP contribution in [0.5, 0.6) is 0 Å². The van der Waals surface area contributed by atoms with Crippen LogP contribution in [0.4, 0.5) is 0 Å². The van der Waals surface area contributed by atoms with E-state index in [1.165, 1.54) is 32.1 Å². The Hall–Kier alpha value is -0.130. The Morgan fingerprint density at radius 2 is 1.74 bits per heavy atom. The molecule has 0 aromatic carbocycles. The minimum Gasteiger partial charge on any atom is -0.313 e. The van der Waals surface area contributed by atoms with Crippen molar-refractivity contribution in [3.63, 3.8) is 0 Å². The van der Waals surface area contributed by atoms with E-state index in [1.54, 1.807) is 0 Å². The summed E-state index contributed by atoms with van der Waals surface area (Å²) in [6, 6.07) is 0.855. The quantitative estimate of drug-likeness (QED) is 0.767. The van der Waals surface area contributed by atoms with Gasteiger partial charge in [0.2, 0.25) is 10.0 Å². The molecule has 5 heteroatoms. The molecule has 0 aromatic rings. The summed E-state index contributed by atoms with van der Waals surface area (Å²) in [6.07, 6.45) is 6.45. The Balaban J connectivity index is 1.34. The number of sulfonamides is 1. The molecule has 0 heterocycles. The third kappa shape index (κ3) is 2.14. The van der Waals surface area contributed by atoms with Gasteiger partial charge < -0.3 is 5.32 Å². The molecule has 4 rings (SSSR count). The second kappa shape index (κ2) is 4.18. The zero-order valence-corrected chi connectivity index (χ0v) is 12.3. The minimum atomic E-state index is -3.14. The maximum absolute atomic E-state index is 12.3. The van der Waals surface area contributed by atoms with Gasteiger partial charge in [-0.3, -0.25) is 0 Å². The molecular weight excluding hydrogens is 260 g/mol. The minimum absolute atomic E-state index is 0.277. The van der Waals surface area contributed by atoms with Crippen molar-refractivity contribution in [1.29, 1.82) is 0 Å². The molecule has 4 nitrogen and oxygen atoms in total. The third-order valence-electron chi connectivity index (χ3n) is 5.84. The lowest BCUT2D eigenvalue weighted by atomic mass is 10.0. The van der Waals surface area contributed by atoms with E-state index < -0.39 is 10.0 Å². The van der Waals surface area contributed by atoms with Crippen LogP contribution in [-0.2, 0) is 10.0 Å². The third-order valence-corrected chi connectivity index (χ3v) is 7.66. The van der Waals surface area contributed by atoms with Crippen LogP contribution >= 0.6 is 0 Å². The van der Waals surface area contributed by atoms with Gasteiger partial charge >= 0.3 is 0 Å². The van der Waals surface area contributed by atoms with Gasteiger partial charge in [-0.15, -0.1) is 0 Å². The SMILES string of the molecule is CC(CNC1CC1)S(=O)(=O)NC1C2C3CCC(C3)C12. The largest absolute Gasteiger partial charge is 0.313 e. The van der Waals surface area contributed by atoms with Crippen molar-refractivity contribution in [2.24, 2.45) is 23.7 Å². The van der Waals surface area contributed by atoms with E-state index in [2.05, 4.69) is 10.0 Å². The molecule has 5 atom stereocenters. The lowest BCUT2D eigenvalue weighted by Crippen LogP contribution is -2.41. The monoisotopic (exact) mass is 284 g/mol. The van der Waals surface area contributed by atoms with Crippen molar-refractivity contribution in [1.82, 2.24) is 10.0 Å². The number of fused-ring (bicyclic) bond motifs is 5. The average molecular weight is 284 g/mol. The molecule has 0 aliphatic heterocycles. The summed E-state index contributed by atoms with van der Waals surface area (Å²) in [4.78, 5) is 0. The first-order valence-electron chi connectivity index (χ1n) is 7.81. The lowest BCUT2D eigenvalue weighted by Gasteiger charge is -2.16. The van der Waals surface area contributed by atoms with Crippen molar-refractivity contribution in [3.05, 3.63) is 0 Å². The molecule has 0 saturated heterocycles. The van der Waals surface area contributed by atoms with E-state index in [1.807, 2.05) is 6.92 Å². The van der Waals surface area contributed by atoms with Crippen LogP contribution in [0.15, 0.2) is 0 Å². The van der Waals surface area contributed by atoms with Gasteiger partial charge in [0.25, 0.3) is 0 Å². The Morgan fingerprint density at radius 3 is 2.32 bits per heavy atom. The van der Waals surface area contributed by atoms with Crippen LogP contribution in [0.3, 0.4) is 0 Å². The standard InChI is InChI=1S/C14H24N2O2S/c1-8(7-15-11-4-5-11)19(17,18)16-14-12-9-2-3-10(6-9)13(12)14/h8-16H,2-7H2,1H3. The lowest BCUT2D eigenvalue weighted by molar-refractivity contribution is 0.456. The fraction of sp³-hybridized carbons (Fsp3) is 1.00. The first-order chi connectivity index (χ1) is 9.06. The van der Waals surface area contributed by atoms with Crippen LogP contribution in [0.1, 0.15) is 39.0 Å². The normalized spacial score (nSPS) is 45.2. The Kier molecular flexibility index (Phi) is 2.77. The highest BCUT2D eigenvalue weighted by molar-refractivity contribution is 7.90. The molecule has 0 spiro atoms. The van der Waals surface area contributed by atoms with Crippen molar-refractivity contribution < 1.29 is 8.42 Å². The number of nitrogens with one attached hydrogen (secondary N) is 2. The molecule has 4 aliphatic carbocycles. The molecule has 4 aliphatic rings. The molecule has 2 N–H and O–H groups in total. The van der Waals surface area contributed by atoms with Crippen LogP contribution in [0.2, 0.25) is 0 Å². The highest BCUT2D eigenvalue weighted by Gasteiger charge is 2.65. The summed E-state index contributed by atoms with van der Waals surface area (Å²) in [5.74, 6) is 3.00. The summed E-state index contributed by atoms with van der Waals surface area (Å²) in [7, 11) is -3.14. The molecule has 108 valence electrons. The van der Waals surface area contributed by atoms with Gasteiger partial charge in [-0.05, 0) is 62.7 Å². The summed E-state index contributed by atoms with van der Waals surface area (Å²) >= 11 is 0. The molecule has 0 radical (unpaired) electrons. The average Bonchev–Trinajstić information content (AvgIpc) is 3.25. The topological polar surface area (TPSA) is 58.2 Å². The first kappa shape index (κ1) is 12.6. The first-order valence-corrected chi connectivity index (χ1v) is 9.35. The van der Waals surface area contributed by atoms with Gasteiger partial charge in [0.15, 0.2) is 0 Å². The molecule has 0 amide bonds. The summed E-state index contributed by atoms with van der Waals surface area (Å²) in [5.41, 5.74) is 0. The van der Waals surface area contributed by atoms with Crippen molar-refractivity contribution in [2.45, 2.75) is 56.4 Å². The second-order valence-corrected chi connectivity index (χ2v) is 9.30. The van der Waals surface area contributed by atoms with Crippen LogP contribution < -0.4 is 10.0 Å². The molecule has 4 saturated carbocycles. The maximum Gasteiger partial charge on any atom is 0.215 e. The summed E-state index contributed by atoms with van der Waals surface area (Å²) in [6.45, 7) is 2.42. The predicted octanol–water partition coefficient (Wildman–Crippen LogP) is 1.09. The van der Waals surface area contributed by atoms with E-state index in [9.17, 15) is 8.42 Å². The van der Waals surface area contributed by atoms with E-state index >= 15 is 0 Å². The van der Waals surface area contributed by atoms with Gasteiger partial charge in [-0.1, -0.05) is 0 Å². The number of hydrogen-bond donors (Lipinski definition) is 2. The van der Waals surface area contributed by atoms with E-state index in [0.717, 1.165) is 11.8 Å². The Morgan fingerprint density at radius 1 is 1.11 bits per heavy atom. The van der Waals surface area contributed by atoms with Crippen LogP contribution in [-0.4, -0.2) is 32.3 Å². The molecule has 0 aromatic heterocycles. The van der Waals surface area contributed by atoms with E-state index in [-0.39, 0.29) is 11.3 Å². The molecule has 4 fully saturated rings. The van der Waals surface area contributed by atoms with Crippen LogP contribution in [0.25, 0.3) is 0 Å². The zero-order chi connectivity index (χ0) is 13.2. The van der Waals surface area contributed by atoms with Crippen molar-refractivity contribution >= 4 is 10.0 Å². The molecule has 19 heavy (non-hydrogen) atoms. The van der Waals surface area contributed by atoms with Crippen molar-refractivity contribution in [3.8, 4) is 0 Å². The highest BCUT2D eigenvalue weighted by atomic mass is 32.2. The van der Waals surface area contributed by atoms with E-state index in [4.69, 9.17) is 0 Å². The van der Waals surface area contributed by atoms with Gasteiger partial charge in [0.1, 0.15) is 0 Å². The number of hydrogen-bond acceptors (Lipinski definition) is 3. The molecule has 5 unspecified atom stereocenters. The fourth-order valence-corrected chi connectivity index (χ4v) is 5.76. The predicted molar refractivity (Wildman–Crippen MR) is 74.1 cm³/mol. The van der Waals surface area contributed by atoms with Gasteiger partial charge in [-0.25, -0.2) is 13.1 Å². The smallest absolute Gasteiger partial charge is 0.215 e. The summed E-state index contributed by atoms with van der Waals surface area (Å²) in [5, 5.41) is 3.00. The summed E-state index contributed by atoms with van der Waals surface area (Å²) < 4.78 is 27.7. The van der Waals surface area contributed by atoms with Gasteiger partial charge in [0.05, 0.1) is 5.25 Å². The molecule has 2 bridgehead atoms. The zero-order valence-electron chi connectivity index (χ0n) is 11.5. The van der Waals surface area contributed by atoms with Gasteiger partial charge in [-0.2, -0.15) is 0 Å². The fourth-order valence-electron chi connectivity index (χ4n) is 4.52. The molecular formula is C14H24N2O2S. The second-order valence-electron chi connectivity index (χ2n) is 7.17. The van der Waals surface area contributed by atoms with E-state index in [0.29, 0.717) is 24.4 Å². The Bertz CT molecular complexity index is 458. The number of rotatable bonds is 6. The maximum atomic E-state index is 12.3. The Labute approximate surface area is 115 Å². The van der Waals surface area contributed by atoms with Crippen molar-refractivity contribution in [2.75, 3.05) is 6.54 Å². The van der Waals surface area contributed by atoms with Gasteiger partial charge in [0, 0.05) is 18.6 Å².